The lowest BCUT2D eigenvalue weighted by Gasteiger charge is -2.23. The van der Waals surface area contributed by atoms with Crippen LogP contribution >= 0.6 is 11.6 Å². The molecule has 0 spiro atoms. The Morgan fingerprint density at radius 1 is 1.15 bits per heavy atom. The zero-order valence-corrected chi connectivity index (χ0v) is 16.3. The van der Waals surface area contributed by atoms with Crippen LogP contribution in [0.5, 0.6) is 0 Å². The van der Waals surface area contributed by atoms with E-state index in [1.54, 1.807) is 36.2 Å². The number of carbonyl (C=O) groups excluding carboxylic acids is 3. The predicted octanol–water partition coefficient (Wildman–Crippen LogP) is 1.91. The Hall–Kier alpha value is -2.12. The van der Waals surface area contributed by atoms with Crippen LogP contribution in [-0.4, -0.2) is 56.0 Å². The van der Waals surface area contributed by atoms with Gasteiger partial charge in [-0.3, -0.25) is 14.5 Å². The van der Waals surface area contributed by atoms with Crippen LogP contribution in [0.1, 0.15) is 20.3 Å². The highest BCUT2D eigenvalue weighted by Crippen LogP contribution is 2.13. The first kappa shape index (κ1) is 21.9. The summed E-state index contributed by atoms with van der Waals surface area (Å²) < 4.78 is 4.74. The summed E-state index contributed by atoms with van der Waals surface area (Å²) in [6.07, 6.45) is 0.722. The number of halogens is 1. The lowest BCUT2D eigenvalue weighted by Crippen LogP contribution is -2.49. The first-order valence-corrected chi connectivity index (χ1v) is 8.75. The third-order valence-corrected chi connectivity index (χ3v) is 4.19. The Morgan fingerprint density at radius 3 is 2.27 bits per heavy atom. The van der Waals surface area contributed by atoms with Gasteiger partial charge < -0.3 is 15.4 Å². The number of esters is 1. The van der Waals surface area contributed by atoms with Gasteiger partial charge in [0.25, 0.3) is 0 Å². The predicted molar refractivity (Wildman–Crippen MR) is 101 cm³/mol. The second kappa shape index (κ2) is 10.8. The van der Waals surface area contributed by atoms with Gasteiger partial charge in [0, 0.05) is 10.7 Å². The molecule has 1 aromatic carbocycles. The van der Waals surface area contributed by atoms with E-state index in [0.29, 0.717) is 10.7 Å². The van der Waals surface area contributed by atoms with Crippen LogP contribution < -0.4 is 10.6 Å². The second-order valence-electron chi connectivity index (χ2n) is 6.18. The highest BCUT2D eigenvalue weighted by Gasteiger charge is 2.27. The van der Waals surface area contributed by atoms with E-state index >= 15 is 0 Å². The van der Waals surface area contributed by atoms with Gasteiger partial charge in [0.15, 0.2) is 0 Å². The van der Waals surface area contributed by atoms with Gasteiger partial charge in [-0.1, -0.05) is 31.9 Å². The number of nitrogens with one attached hydrogen (secondary N) is 2. The molecule has 7 nitrogen and oxygen atoms in total. The molecule has 0 aliphatic carbocycles. The number of hydrogen-bond donors (Lipinski definition) is 2. The van der Waals surface area contributed by atoms with Crippen LogP contribution in [0.25, 0.3) is 0 Å². The van der Waals surface area contributed by atoms with Gasteiger partial charge in [-0.25, -0.2) is 4.79 Å². The van der Waals surface area contributed by atoms with Crippen LogP contribution in [0, 0.1) is 5.92 Å². The van der Waals surface area contributed by atoms with E-state index in [1.807, 2.05) is 13.8 Å². The molecule has 0 aliphatic heterocycles. The molecule has 2 atom stereocenters. The molecule has 0 aliphatic rings. The molecule has 144 valence electrons. The molecule has 0 saturated heterocycles. The monoisotopic (exact) mass is 383 g/mol. The topological polar surface area (TPSA) is 87.7 Å². The van der Waals surface area contributed by atoms with Gasteiger partial charge in [0.2, 0.25) is 11.8 Å². The molecule has 1 aromatic rings. The fourth-order valence-corrected chi connectivity index (χ4v) is 2.42. The Balaban J connectivity index is 2.50. The summed E-state index contributed by atoms with van der Waals surface area (Å²) in [5, 5.41) is 5.98. The number of hydrogen-bond acceptors (Lipinski definition) is 5. The zero-order valence-electron chi connectivity index (χ0n) is 15.5. The number of carbonyl (C=O) groups is 3. The van der Waals surface area contributed by atoms with Crippen molar-refractivity contribution in [3.63, 3.8) is 0 Å². The van der Waals surface area contributed by atoms with Crippen molar-refractivity contribution < 1.29 is 19.1 Å². The van der Waals surface area contributed by atoms with Crippen molar-refractivity contribution in [3.8, 4) is 0 Å². The third kappa shape index (κ3) is 7.41. The zero-order chi connectivity index (χ0) is 19.7. The van der Waals surface area contributed by atoms with E-state index in [1.165, 1.54) is 7.11 Å². The van der Waals surface area contributed by atoms with Crippen molar-refractivity contribution in [1.29, 1.82) is 0 Å². The molecule has 26 heavy (non-hydrogen) atoms. The van der Waals surface area contributed by atoms with Crippen molar-refractivity contribution in [2.45, 2.75) is 26.3 Å². The molecule has 2 amide bonds. The van der Waals surface area contributed by atoms with Gasteiger partial charge in [-0.05, 0) is 37.2 Å². The lowest BCUT2D eigenvalue weighted by molar-refractivity contribution is -0.146. The number of rotatable bonds is 9. The molecule has 0 radical (unpaired) electrons. The van der Waals surface area contributed by atoms with Crippen molar-refractivity contribution in [2.24, 2.45) is 5.92 Å². The number of benzene rings is 1. The molecule has 0 aromatic heterocycles. The normalized spacial score (nSPS) is 13.0. The minimum Gasteiger partial charge on any atom is -0.467 e. The summed E-state index contributed by atoms with van der Waals surface area (Å²) in [7, 11) is 2.94. The molecular formula is C18H26ClN3O4. The average Bonchev–Trinajstić information content (AvgIpc) is 2.60. The Bertz CT molecular complexity index is 621. The molecule has 1 rings (SSSR count). The maximum absolute atomic E-state index is 12.2. The van der Waals surface area contributed by atoms with Gasteiger partial charge in [-0.15, -0.1) is 0 Å². The fourth-order valence-electron chi connectivity index (χ4n) is 2.30. The number of amides is 2. The Labute approximate surface area is 159 Å². The Morgan fingerprint density at radius 2 is 1.73 bits per heavy atom. The molecular weight excluding hydrogens is 358 g/mol. The van der Waals surface area contributed by atoms with Crippen LogP contribution in [0.15, 0.2) is 24.3 Å². The minimum atomic E-state index is -0.700. The summed E-state index contributed by atoms with van der Waals surface area (Å²) in [6.45, 7) is 3.81. The summed E-state index contributed by atoms with van der Waals surface area (Å²) in [5.41, 5.74) is 0.625. The molecule has 0 fully saturated rings. The lowest BCUT2D eigenvalue weighted by atomic mass is 9.99. The van der Waals surface area contributed by atoms with Crippen LogP contribution in [0.2, 0.25) is 5.02 Å². The quantitative estimate of drug-likeness (QED) is 0.636. The number of likely N-dealkylation sites (N-methyl/N-ethyl adjacent to an activating group) is 1. The van der Waals surface area contributed by atoms with Crippen molar-refractivity contribution >= 4 is 35.1 Å². The number of ether oxygens (including phenoxy) is 1. The van der Waals surface area contributed by atoms with Gasteiger partial charge in [-0.2, -0.15) is 0 Å². The maximum Gasteiger partial charge on any atom is 0.328 e. The van der Waals surface area contributed by atoms with Crippen LogP contribution in [0.4, 0.5) is 5.69 Å². The molecule has 0 unspecified atom stereocenters. The fraction of sp³-hybridized carbons (Fsp3) is 0.500. The summed E-state index contributed by atoms with van der Waals surface area (Å²) in [4.78, 5) is 37.6. The molecule has 0 heterocycles. The highest BCUT2D eigenvalue weighted by atomic mass is 35.5. The summed E-state index contributed by atoms with van der Waals surface area (Å²) >= 11 is 5.80. The molecule has 0 saturated carbocycles. The first-order valence-electron chi connectivity index (χ1n) is 8.38. The Kier molecular flexibility index (Phi) is 9.09. The molecule has 0 bridgehead atoms. The average molecular weight is 384 g/mol. The van der Waals surface area contributed by atoms with Gasteiger partial charge in [0.05, 0.1) is 20.2 Å². The molecule has 8 heteroatoms. The van der Waals surface area contributed by atoms with Crippen LogP contribution in [0.3, 0.4) is 0 Å². The van der Waals surface area contributed by atoms with E-state index in [2.05, 4.69) is 10.6 Å². The van der Waals surface area contributed by atoms with E-state index in [0.717, 1.165) is 6.42 Å². The van der Waals surface area contributed by atoms with E-state index in [9.17, 15) is 14.4 Å². The van der Waals surface area contributed by atoms with E-state index in [-0.39, 0.29) is 30.8 Å². The number of anilines is 1. The van der Waals surface area contributed by atoms with Crippen LogP contribution in [-0.2, 0) is 19.1 Å². The second-order valence-corrected chi connectivity index (χ2v) is 6.62. The summed E-state index contributed by atoms with van der Waals surface area (Å²) in [5.74, 6) is -1.13. The smallest absolute Gasteiger partial charge is 0.328 e. The van der Waals surface area contributed by atoms with E-state index < -0.39 is 12.0 Å². The highest BCUT2D eigenvalue weighted by molar-refractivity contribution is 6.30. The van der Waals surface area contributed by atoms with Gasteiger partial charge >= 0.3 is 5.97 Å². The van der Waals surface area contributed by atoms with Crippen molar-refractivity contribution in [1.82, 2.24) is 10.2 Å². The SMILES string of the molecule is CC[C@@H](C)[C@@H](NC(=O)CN(C)CC(=O)Nc1ccc(Cl)cc1)C(=O)OC. The third-order valence-electron chi connectivity index (χ3n) is 3.94. The van der Waals surface area contributed by atoms with E-state index in [4.69, 9.17) is 16.3 Å². The maximum atomic E-state index is 12.2. The minimum absolute atomic E-state index is 0.0159. The number of methoxy groups -OCH3 is 1. The standard InChI is InChI=1S/C18H26ClN3O4/c1-5-12(2)17(18(25)26-4)21-16(24)11-22(3)10-15(23)20-14-8-6-13(19)7-9-14/h6-9,12,17H,5,10-11H2,1-4H3,(H,20,23)(H,21,24)/t12-,17-/m1/s1. The largest absolute Gasteiger partial charge is 0.467 e. The number of nitrogens with zero attached hydrogens (tertiary/aromatic N) is 1. The van der Waals surface area contributed by atoms with Crippen molar-refractivity contribution in [3.05, 3.63) is 29.3 Å². The van der Waals surface area contributed by atoms with Crippen molar-refractivity contribution in [2.75, 3.05) is 32.6 Å². The first-order chi connectivity index (χ1) is 12.3. The van der Waals surface area contributed by atoms with Gasteiger partial charge in [0.1, 0.15) is 6.04 Å². The molecule has 2 N–H and O–H groups in total. The summed E-state index contributed by atoms with van der Waals surface area (Å²) in [6, 6.07) is 6.04.